The lowest BCUT2D eigenvalue weighted by Crippen LogP contribution is -1.91. The van der Waals surface area contributed by atoms with E-state index in [4.69, 9.17) is 9.42 Å². The van der Waals surface area contributed by atoms with Gasteiger partial charge >= 0.3 is 7.60 Å². The Bertz CT molecular complexity index is 337. The minimum Gasteiger partial charge on any atom is -0.425 e. The molecule has 0 aromatic heterocycles. The quantitative estimate of drug-likeness (QED) is 0.786. The maximum Gasteiger partial charge on any atom is 0.373 e. The molecule has 78 valence electrons. The number of rotatable bonds is 3. The van der Waals surface area contributed by atoms with Crippen LogP contribution < -0.4 is 4.52 Å². The molecule has 0 fully saturated rings. The molecule has 0 saturated heterocycles. The molecule has 0 spiro atoms. The average Bonchev–Trinajstić information content (AvgIpc) is 2.02. The summed E-state index contributed by atoms with van der Waals surface area (Å²) >= 11 is 0. The molecule has 0 heterocycles. The van der Waals surface area contributed by atoms with Crippen LogP contribution in [-0.2, 0) is 4.57 Å². The van der Waals surface area contributed by atoms with Crippen LogP contribution in [-0.4, -0.2) is 11.6 Å². The molecule has 0 saturated carbocycles. The Labute approximate surface area is 84.3 Å². The molecule has 1 N–H and O–H groups in total. The zero-order valence-corrected chi connectivity index (χ0v) is 9.49. The summed E-state index contributed by atoms with van der Waals surface area (Å²) in [7, 11) is -3.43. The van der Waals surface area contributed by atoms with Gasteiger partial charge in [-0.15, -0.1) is 0 Å². The molecule has 4 heteroatoms. The third kappa shape index (κ3) is 3.52. The van der Waals surface area contributed by atoms with E-state index in [-0.39, 0.29) is 0 Å². The Hall–Kier alpha value is -0.790. The molecule has 1 atom stereocenters. The largest absolute Gasteiger partial charge is 0.425 e. The van der Waals surface area contributed by atoms with Gasteiger partial charge in [-0.3, -0.25) is 0 Å². The maximum absolute atomic E-state index is 10.9. The van der Waals surface area contributed by atoms with Crippen LogP contribution in [0.4, 0.5) is 0 Å². The lowest BCUT2D eigenvalue weighted by atomic mass is 10.0. The van der Waals surface area contributed by atoms with Gasteiger partial charge in [0.2, 0.25) is 0 Å². The summed E-state index contributed by atoms with van der Waals surface area (Å²) in [5.74, 6) is 0.884. The first-order valence-corrected chi connectivity index (χ1v) is 6.51. The van der Waals surface area contributed by atoms with Gasteiger partial charge < -0.3 is 9.42 Å². The Morgan fingerprint density at radius 3 is 2.14 bits per heavy atom. The van der Waals surface area contributed by atoms with Crippen LogP contribution in [0.2, 0.25) is 0 Å². The van der Waals surface area contributed by atoms with E-state index in [1.807, 2.05) is 12.1 Å². The maximum atomic E-state index is 10.9. The van der Waals surface area contributed by atoms with E-state index in [1.54, 1.807) is 12.1 Å². The van der Waals surface area contributed by atoms with Crippen molar-refractivity contribution in [3.63, 3.8) is 0 Å². The molecule has 0 aliphatic heterocycles. The molecule has 1 unspecified atom stereocenters. The standard InChI is InChI=1S/C10H15O3P/c1-8(2)9-4-6-10(7-5-9)13-14(3,11)12/h4-8H,1-3H3,(H,11,12). The first kappa shape index (κ1) is 11.3. The topological polar surface area (TPSA) is 46.5 Å². The molecular weight excluding hydrogens is 199 g/mol. The summed E-state index contributed by atoms with van der Waals surface area (Å²) in [5.41, 5.74) is 1.18. The lowest BCUT2D eigenvalue weighted by molar-refractivity contribution is 0.387. The monoisotopic (exact) mass is 214 g/mol. The van der Waals surface area contributed by atoms with Gasteiger partial charge in [-0.1, -0.05) is 26.0 Å². The Balaban J connectivity index is 2.79. The van der Waals surface area contributed by atoms with E-state index >= 15 is 0 Å². The van der Waals surface area contributed by atoms with Crippen molar-refractivity contribution in [1.82, 2.24) is 0 Å². The Kier molecular flexibility index (Phi) is 3.35. The molecule has 3 nitrogen and oxygen atoms in total. The van der Waals surface area contributed by atoms with Crippen molar-refractivity contribution in [2.45, 2.75) is 19.8 Å². The molecule has 0 aliphatic carbocycles. The van der Waals surface area contributed by atoms with Gasteiger partial charge in [0.25, 0.3) is 0 Å². The summed E-state index contributed by atoms with van der Waals surface area (Å²) in [6.07, 6.45) is 0. The van der Waals surface area contributed by atoms with Gasteiger partial charge in [0.15, 0.2) is 0 Å². The van der Waals surface area contributed by atoms with Gasteiger partial charge in [-0.2, -0.15) is 0 Å². The van der Waals surface area contributed by atoms with Crippen LogP contribution >= 0.6 is 7.60 Å². The van der Waals surface area contributed by atoms with Gasteiger partial charge in [0.05, 0.1) is 0 Å². The second kappa shape index (κ2) is 4.16. The summed E-state index contributed by atoms with van der Waals surface area (Å²) < 4.78 is 15.8. The van der Waals surface area contributed by atoms with Gasteiger partial charge in [0.1, 0.15) is 5.75 Å². The zero-order valence-electron chi connectivity index (χ0n) is 8.60. The minimum atomic E-state index is -3.43. The normalized spacial score (nSPS) is 15.2. The molecule has 1 aromatic carbocycles. The highest BCUT2D eigenvalue weighted by atomic mass is 31.2. The highest BCUT2D eigenvalue weighted by Crippen LogP contribution is 2.38. The summed E-state index contributed by atoms with van der Waals surface area (Å²) in [6.45, 7) is 5.35. The van der Waals surface area contributed by atoms with Crippen LogP contribution in [0, 0.1) is 0 Å². The first-order valence-electron chi connectivity index (χ1n) is 4.48. The summed E-state index contributed by atoms with van der Waals surface area (Å²) in [4.78, 5) is 8.98. The third-order valence-electron chi connectivity index (χ3n) is 1.82. The highest BCUT2D eigenvalue weighted by Gasteiger charge is 2.11. The molecule has 0 amide bonds. The van der Waals surface area contributed by atoms with Crippen molar-refractivity contribution in [3.8, 4) is 5.75 Å². The van der Waals surface area contributed by atoms with E-state index in [2.05, 4.69) is 13.8 Å². The molecule has 14 heavy (non-hydrogen) atoms. The van der Waals surface area contributed by atoms with E-state index in [0.717, 1.165) is 0 Å². The van der Waals surface area contributed by atoms with E-state index < -0.39 is 7.60 Å². The second-order valence-corrected chi connectivity index (χ2v) is 5.41. The average molecular weight is 214 g/mol. The van der Waals surface area contributed by atoms with Crippen LogP contribution in [0.1, 0.15) is 25.3 Å². The number of hydrogen-bond donors (Lipinski definition) is 1. The lowest BCUT2D eigenvalue weighted by Gasteiger charge is -2.10. The van der Waals surface area contributed by atoms with Crippen molar-refractivity contribution >= 4 is 7.60 Å². The first-order chi connectivity index (χ1) is 6.38. The molecule has 0 bridgehead atoms. The van der Waals surface area contributed by atoms with Crippen molar-refractivity contribution in [2.24, 2.45) is 0 Å². The van der Waals surface area contributed by atoms with Crippen LogP contribution in [0.25, 0.3) is 0 Å². The molecule has 0 radical (unpaired) electrons. The SMILES string of the molecule is CC(C)c1ccc(OP(C)(=O)O)cc1. The molecule has 0 aliphatic rings. The van der Waals surface area contributed by atoms with Crippen LogP contribution in [0.3, 0.4) is 0 Å². The predicted octanol–water partition coefficient (Wildman–Crippen LogP) is 3.00. The highest BCUT2D eigenvalue weighted by molar-refractivity contribution is 7.52. The van der Waals surface area contributed by atoms with Gasteiger partial charge in [-0.25, -0.2) is 4.57 Å². The number of hydrogen-bond acceptors (Lipinski definition) is 2. The van der Waals surface area contributed by atoms with Crippen LogP contribution in [0.15, 0.2) is 24.3 Å². The van der Waals surface area contributed by atoms with Crippen LogP contribution in [0.5, 0.6) is 5.75 Å². The summed E-state index contributed by atoms with van der Waals surface area (Å²) in [5, 5.41) is 0. The smallest absolute Gasteiger partial charge is 0.373 e. The van der Waals surface area contributed by atoms with Gasteiger partial charge in [0, 0.05) is 6.66 Å². The van der Waals surface area contributed by atoms with Crippen molar-refractivity contribution in [3.05, 3.63) is 29.8 Å². The van der Waals surface area contributed by atoms with Crippen molar-refractivity contribution < 1.29 is 14.0 Å². The van der Waals surface area contributed by atoms with E-state index in [9.17, 15) is 4.57 Å². The van der Waals surface area contributed by atoms with E-state index in [0.29, 0.717) is 11.7 Å². The molecular formula is C10H15O3P. The second-order valence-electron chi connectivity index (χ2n) is 3.62. The minimum absolute atomic E-state index is 0.433. The molecule has 1 aromatic rings. The zero-order chi connectivity index (χ0) is 10.8. The van der Waals surface area contributed by atoms with E-state index in [1.165, 1.54) is 12.2 Å². The summed E-state index contributed by atoms with van der Waals surface area (Å²) in [6, 6.07) is 7.22. The number of benzene rings is 1. The third-order valence-corrected chi connectivity index (χ3v) is 2.37. The Morgan fingerprint density at radius 1 is 1.29 bits per heavy atom. The molecule has 1 rings (SSSR count). The fraction of sp³-hybridized carbons (Fsp3) is 0.400. The predicted molar refractivity (Wildman–Crippen MR) is 56.9 cm³/mol. The van der Waals surface area contributed by atoms with Crippen molar-refractivity contribution in [1.29, 1.82) is 0 Å². The Morgan fingerprint density at radius 2 is 1.79 bits per heavy atom. The van der Waals surface area contributed by atoms with Gasteiger partial charge in [-0.05, 0) is 23.6 Å². The fourth-order valence-electron chi connectivity index (χ4n) is 1.11. The fourth-order valence-corrected chi connectivity index (χ4v) is 1.62. The van der Waals surface area contributed by atoms with Crippen molar-refractivity contribution in [2.75, 3.05) is 6.66 Å².